The van der Waals surface area contributed by atoms with Gasteiger partial charge in [0.2, 0.25) is 5.95 Å². The van der Waals surface area contributed by atoms with Crippen molar-refractivity contribution in [3.05, 3.63) is 72.6 Å². The maximum atomic E-state index is 5.71. The van der Waals surface area contributed by atoms with Crippen molar-refractivity contribution in [1.82, 2.24) is 19.4 Å². The predicted octanol–water partition coefficient (Wildman–Crippen LogP) is 4.78. The van der Waals surface area contributed by atoms with Gasteiger partial charge < -0.3 is 19.4 Å². The average Bonchev–Trinajstić information content (AvgIpc) is 3.25. The van der Waals surface area contributed by atoms with Crippen LogP contribution < -0.4 is 10.1 Å². The summed E-state index contributed by atoms with van der Waals surface area (Å²) in [6.45, 7) is 8.60. The van der Waals surface area contributed by atoms with E-state index in [0.717, 1.165) is 61.0 Å². The second-order valence-corrected chi connectivity index (χ2v) is 8.53. The highest BCUT2D eigenvalue weighted by atomic mass is 16.5. The summed E-state index contributed by atoms with van der Waals surface area (Å²) >= 11 is 0. The van der Waals surface area contributed by atoms with Crippen LogP contribution in [0.2, 0.25) is 0 Å². The van der Waals surface area contributed by atoms with Gasteiger partial charge in [0.25, 0.3) is 0 Å². The first-order valence-electron chi connectivity index (χ1n) is 11.4. The Balaban J connectivity index is 1.32. The molecule has 2 aromatic heterocycles. The largest absolute Gasteiger partial charge is 0.491 e. The molecule has 0 spiro atoms. The minimum Gasteiger partial charge on any atom is -0.491 e. The van der Waals surface area contributed by atoms with Crippen LogP contribution in [0.15, 0.2) is 67.0 Å². The molecule has 0 bridgehead atoms. The minimum atomic E-state index is 0.149. The average molecular weight is 444 g/mol. The number of ether oxygens (including phenoxy) is 2. The van der Waals surface area contributed by atoms with Crippen molar-refractivity contribution in [3.63, 3.8) is 0 Å². The van der Waals surface area contributed by atoms with Crippen molar-refractivity contribution < 1.29 is 9.47 Å². The first-order chi connectivity index (χ1) is 16.1. The fourth-order valence-electron chi connectivity index (χ4n) is 3.98. The Hall–Kier alpha value is -3.42. The molecule has 0 aliphatic carbocycles. The maximum absolute atomic E-state index is 5.71. The molecule has 0 radical (unpaired) electrons. The fourth-order valence-corrected chi connectivity index (χ4v) is 3.98. The van der Waals surface area contributed by atoms with E-state index < -0.39 is 0 Å². The summed E-state index contributed by atoms with van der Waals surface area (Å²) in [5.74, 6) is 1.40. The molecular weight excluding hydrogens is 414 g/mol. The third kappa shape index (κ3) is 5.16. The van der Waals surface area contributed by atoms with Gasteiger partial charge in [0, 0.05) is 48.8 Å². The summed E-state index contributed by atoms with van der Waals surface area (Å²) in [4.78, 5) is 11.7. The standard InChI is InChI=1S/C26H29N5O2/c1-19(2)33-24-9-5-22(6-10-24)28-26-27-17-21-11-12-31(25(21)29-26)23-7-3-20(4-8-23)18-30-13-15-32-16-14-30/h3-12,17,19H,13-16,18H2,1-2H3,(H,27,28,29). The number of nitrogens with zero attached hydrogens (tertiary/aromatic N) is 4. The lowest BCUT2D eigenvalue weighted by molar-refractivity contribution is 0.0342. The Kier molecular flexibility index (Phi) is 6.24. The van der Waals surface area contributed by atoms with E-state index in [1.165, 1.54) is 5.56 Å². The van der Waals surface area contributed by atoms with E-state index in [1.54, 1.807) is 0 Å². The summed E-state index contributed by atoms with van der Waals surface area (Å²) in [6.07, 6.45) is 4.04. The molecule has 1 fully saturated rings. The molecule has 33 heavy (non-hydrogen) atoms. The Labute approximate surface area is 194 Å². The van der Waals surface area contributed by atoms with E-state index in [9.17, 15) is 0 Å². The molecule has 1 N–H and O–H groups in total. The van der Waals surface area contributed by atoms with Gasteiger partial charge in [0.1, 0.15) is 11.4 Å². The van der Waals surface area contributed by atoms with Crippen LogP contribution >= 0.6 is 0 Å². The van der Waals surface area contributed by atoms with Gasteiger partial charge in [0.15, 0.2) is 0 Å². The van der Waals surface area contributed by atoms with Crippen LogP contribution in [0.3, 0.4) is 0 Å². The van der Waals surface area contributed by atoms with E-state index in [-0.39, 0.29) is 6.10 Å². The quantitative estimate of drug-likeness (QED) is 0.443. The molecule has 0 amide bonds. The Morgan fingerprint density at radius 1 is 1.00 bits per heavy atom. The van der Waals surface area contributed by atoms with Gasteiger partial charge in [-0.1, -0.05) is 12.1 Å². The molecule has 3 heterocycles. The number of hydrogen-bond acceptors (Lipinski definition) is 6. The first-order valence-corrected chi connectivity index (χ1v) is 11.4. The minimum absolute atomic E-state index is 0.149. The van der Waals surface area contributed by atoms with Crippen LogP contribution in [-0.4, -0.2) is 51.8 Å². The van der Waals surface area contributed by atoms with Gasteiger partial charge in [0.05, 0.1) is 19.3 Å². The lowest BCUT2D eigenvalue weighted by Gasteiger charge is -2.26. The highest BCUT2D eigenvalue weighted by Crippen LogP contribution is 2.23. The number of benzene rings is 2. The van der Waals surface area contributed by atoms with Crippen molar-refractivity contribution in [2.45, 2.75) is 26.5 Å². The topological polar surface area (TPSA) is 64.4 Å². The Morgan fingerprint density at radius 3 is 2.48 bits per heavy atom. The van der Waals surface area contributed by atoms with Crippen molar-refractivity contribution in [1.29, 1.82) is 0 Å². The zero-order chi connectivity index (χ0) is 22.6. The van der Waals surface area contributed by atoms with E-state index in [1.807, 2.05) is 56.6 Å². The Bertz CT molecular complexity index is 1200. The number of hydrogen-bond donors (Lipinski definition) is 1. The second kappa shape index (κ2) is 9.60. The maximum Gasteiger partial charge on any atom is 0.229 e. The number of fused-ring (bicyclic) bond motifs is 1. The number of morpholine rings is 1. The summed E-state index contributed by atoms with van der Waals surface area (Å²) in [7, 11) is 0. The van der Waals surface area contributed by atoms with Crippen LogP contribution in [0.25, 0.3) is 16.7 Å². The molecule has 1 aliphatic heterocycles. The van der Waals surface area contributed by atoms with Gasteiger partial charge >= 0.3 is 0 Å². The summed E-state index contributed by atoms with van der Waals surface area (Å²) in [6, 6.07) is 18.6. The highest BCUT2D eigenvalue weighted by Gasteiger charge is 2.12. The molecular formula is C26H29N5O2. The molecule has 0 saturated carbocycles. The van der Waals surface area contributed by atoms with Gasteiger partial charge in [-0.25, -0.2) is 4.98 Å². The third-order valence-electron chi connectivity index (χ3n) is 5.63. The molecule has 4 aromatic rings. The predicted molar refractivity (Wildman–Crippen MR) is 130 cm³/mol. The smallest absolute Gasteiger partial charge is 0.229 e. The van der Waals surface area contributed by atoms with E-state index in [2.05, 4.69) is 44.0 Å². The van der Waals surface area contributed by atoms with Crippen LogP contribution in [0.5, 0.6) is 5.75 Å². The van der Waals surface area contributed by atoms with Gasteiger partial charge in [-0.3, -0.25) is 4.90 Å². The fraction of sp³-hybridized carbons (Fsp3) is 0.308. The zero-order valence-electron chi connectivity index (χ0n) is 19.1. The van der Waals surface area contributed by atoms with Gasteiger partial charge in [-0.05, 0) is 61.9 Å². The summed E-state index contributed by atoms with van der Waals surface area (Å²) in [5, 5.41) is 4.29. The van der Waals surface area contributed by atoms with Gasteiger partial charge in [-0.15, -0.1) is 0 Å². The van der Waals surface area contributed by atoms with Crippen LogP contribution in [-0.2, 0) is 11.3 Å². The van der Waals surface area contributed by atoms with Crippen LogP contribution in [0, 0.1) is 0 Å². The second-order valence-electron chi connectivity index (χ2n) is 8.53. The normalized spacial score (nSPS) is 14.6. The third-order valence-corrected chi connectivity index (χ3v) is 5.63. The molecule has 0 unspecified atom stereocenters. The van der Waals surface area contributed by atoms with Crippen molar-refractivity contribution in [2.75, 3.05) is 31.6 Å². The summed E-state index contributed by atoms with van der Waals surface area (Å²) in [5.41, 5.74) is 4.17. The van der Waals surface area contributed by atoms with Crippen molar-refractivity contribution in [3.8, 4) is 11.4 Å². The van der Waals surface area contributed by atoms with E-state index >= 15 is 0 Å². The van der Waals surface area contributed by atoms with Crippen molar-refractivity contribution in [2.24, 2.45) is 0 Å². The molecule has 170 valence electrons. The molecule has 1 saturated heterocycles. The monoisotopic (exact) mass is 443 g/mol. The van der Waals surface area contributed by atoms with E-state index in [4.69, 9.17) is 14.5 Å². The molecule has 2 aromatic carbocycles. The highest BCUT2D eigenvalue weighted by molar-refractivity contribution is 5.78. The lowest BCUT2D eigenvalue weighted by Crippen LogP contribution is -2.35. The van der Waals surface area contributed by atoms with Crippen molar-refractivity contribution >= 4 is 22.7 Å². The molecule has 5 rings (SSSR count). The van der Waals surface area contributed by atoms with Crippen LogP contribution in [0.4, 0.5) is 11.6 Å². The molecule has 7 heteroatoms. The summed E-state index contributed by atoms with van der Waals surface area (Å²) < 4.78 is 13.3. The number of rotatable bonds is 7. The lowest BCUT2D eigenvalue weighted by atomic mass is 10.2. The molecule has 0 atom stereocenters. The molecule has 7 nitrogen and oxygen atoms in total. The molecule has 1 aliphatic rings. The van der Waals surface area contributed by atoms with Gasteiger partial charge in [-0.2, -0.15) is 4.98 Å². The van der Waals surface area contributed by atoms with Crippen LogP contribution in [0.1, 0.15) is 19.4 Å². The Morgan fingerprint density at radius 2 is 1.76 bits per heavy atom. The number of anilines is 2. The number of aromatic nitrogens is 3. The van der Waals surface area contributed by atoms with E-state index in [0.29, 0.717) is 5.95 Å². The number of nitrogens with one attached hydrogen (secondary N) is 1. The SMILES string of the molecule is CC(C)Oc1ccc(Nc2ncc3ccn(-c4ccc(CN5CCOCC5)cc4)c3n2)cc1. The zero-order valence-corrected chi connectivity index (χ0v) is 19.1. The first kappa shape index (κ1) is 21.4.